The fourth-order valence-electron chi connectivity index (χ4n) is 3.72. The van der Waals surface area contributed by atoms with Gasteiger partial charge in [0.1, 0.15) is 5.75 Å². The van der Waals surface area contributed by atoms with Crippen LogP contribution in [0.15, 0.2) is 48.1 Å². The number of ether oxygens (including phenoxy) is 1. The fourth-order valence-corrected chi connectivity index (χ4v) is 3.72. The molecule has 1 fully saturated rings. The number of phenols is 1. The predicted octanol–water partition coefficient (Wildman–Crippen LogP) is 6.08. The first-order valence-electron chi connectivity index (χ1n) is 9.89. The molecule has 146 valence electrons. The minimum atomic E-state index is -0.316. The molecule has 3 nitrogen and oxygen atoms in total. The van der Waals surface area contributed by atoms with Crippen molar-refractivity contribution in [2.45, 2.75) is 65.2 Å². The van der Waals surface area contributed by atoms with Gasteiger partial charge in [-0.1, -0.05) is 50.5 Å². The summed E-state index contributed by atoms with van der Waals surface area (Å²) in [6.45, 7) is 8.39. The van der Waals surface area contributed by atoms with Gasteiger partial charge in [-0.2, -0.15) is 0 Å². The van der Waals surface area contributed by atoms with Gasteiger partial charge in [0.2, 0.25) is 0 Å². The first-order valence-corrected chi connectivity index (χ1v) is 9.89. The molecule has 0 saturated heterocycles. The third-order valence-corrected chi connectivity index (χ3v) is 5.40. The number of rotatable bonds is 6. The molecule has 1 aromatic carbocycles. The fraction of sp³-hybridized carbons (Fsp3) is 0.458. The average Bonchev–Trinajstić information content (AvgIpc) is 2.62. The van der Waals surface area contributed by atoms with Crippen molar-refractivity contribution >= 4 is 11.5 Å². The summed E-state index contributed by atoms with van der Waals surface area (Å²) in [7, 11) is 0. The standard InChI is InChI=1S/C24H32O3/c1-5-27-23(26)16-18(2)10-9-11-19(3)20-12-13-22(25)21(17-20)24(4)14-7-6-8-15-24/h9-13,16-17,25H,5-8,14-15H2,1-4H3/b10-9+,18-16+,19-11+. The van der Waals surface area contributed by atoms with Crippen molar-refractivity contribution < 1.29 is 14.6 Å². The summed E-state index contributed by atoms with van der Waals surface area (Å²) in [5, 5.41) is 10.4. The van der Waals surface area contributed by atoms with Crippen LogP contribution in [0, 0.1) is 0 Å². The first-order chi connectivity index (χ1) is 12.9. The second kappa shape index (κ2) is 9.59. The van der Waals surface area contributed by atoms with E-state index in [9.17, 15) is 9.90 Å². The van der Waals surface area contributed by atoms with E-state index >= 15 is 0 Å². The molecule has 0 radical (unpaired) electrons. The van der Waals surface area contributed by atoms with E-state index in [1.165, 1.54) is 25.3 Å². The van der Waals surface area contributed by atoms with Crippen molar-refractivity contribution in [2.75, 3.05) is 6.61 Å². The van der Waals surface area contributed by atoms with Crippen molar-refractivity contribution in [3.8, 4) is 5.75 Å². The quantitative estimate of drug-likeness (QED) is 0.376. The van der Waals surface area contributed by atoms with Gasteiger partial charge in [0.15, 0.2) is 0 Å². The number of benzene rings is 1. The minimum absolute atomic E-state index is 0.0629. The van der Waals surface area contributed by atoms with E-state index < -0.39 is 0 Å². The number of carbonyl (C=O) groups is 1. The van der Waals surface area contributed by atoms with Crippen LogP contribution < -0.4 is 0 Å². The normalized spacial score (nSPS) is 17.9. The number of esters is 1. The molecule has 1 saturated carbocycles. The molecule has 0 spiro atoms. The van der Waals surface area contributed by atoms with Crippen LogP contribution in [0.4, 0.5) is 0 Å². The van der Waals surface area contributed by atoms with Gasteiger partial charge >= 0.3 is 5.97 Å². The Morgan fingerprint density at radius 1 is 1.22 bits per heavy atom. The Morgan fingerprint density at radius 3 is 2.59 bits per heavy atom. The number of aromatic hydroxyl groups is 1. The maximum atomic E-state index is 11.5. The zero-order valence-electron chi connectivity index (χ0n) is 17.0. The van der Waals surface area contributed by atoms with Crippen LogP contribution in [0.2, 0.25) is 0 Å². The Morgan fingerprint density at radius 2 is 1.93 bits per heavy atom. The molecular formula is C24H32O3. The first kappa shape index (κ1) is 21.0. The molecule has 0 aromatic heterocycles. The maximum Gasteiger partial charge on any atom is 0.330 e. The van der Waals surface area contributed by atoms with Crippen LogP contribution in [0.25, 0.3) is 5.57 Å². The van der Waals surface area contributed by atoms with Crippen molar-refractivity contribution in [1.82, 2.24) is 0 Å². The SMILES string of the molecule is CCOC(=O)/C=C(C)/C=C/C=C(\C)c1ccc(O)c(C2(C)CCCCC2)c1. The zero-order valence-corrected chi connectivity index (χ0v) is 17.0. The highest BCUT2D eigenvalue weighted by atomic mass is 16.5. The van der Waals surface area contributed by atoms with Crippen molar-refractivity contribution in [2.24, 2.45) is 0 Å². The van der Waals surface area contributed by atoms with E-state index in [-0.39, 0.29) is 11.4 Å². The highest BCUT2D eigenvalue weighted by Crippen LogP contribution is 2.43. The Kier molecular flexibility index (Phi) is 7.46. The molecule has 1 aliphatic rings. The van der Waals surface area contributed by atoms with Crippen LogP contribution >= 0.6 is 0 Å². The van der Waals surface area contributed by atoms with E-state index in [1.807, 2.05) is 37.3 Å². The molecule has 0 atom stereocenters. The molecule has 0 amide bonds. The molecule has 0 bridgehead atoms. The summed E-state index contributed by atoms with van der Waals surface area (Å²) in [4.78, 5) is 11.5. The summed E-state index contributed by atoms with van der Waals surface area (Å²) in [6, 6.07) is 5.92. The second-order valence-electron chi connectivity index (χ2n) is 7.70. The van der Waals surface area contributed by atoms with Crippen molar-refractivity contribution in [1.29, 1.82) is 0 Å². The van der Waals surface area contributed by atoms with Crippen LogP contribution in [0.1, 0.15) is 70.9 Å². The molecule has 0 aliphatic heterocycles. The zero-order chi connectivity index (χ0) is 19.9. The van der Waals surface area contributed by atoms with E-state index in [0.29, 0.717) is 12.4 Å². The van der Waals surface area contributed by atoms with E-state index in [0.717, 1.165) is 35.1 Å². The summed E-state index contributed by atoms with van der Waals surface area (Å²) < 4.78 is 4.91. The molecule has 0 unspecified atom stereocenters. The third kappa shape index (κ3) is 5.85. The molecule has 1 aromatic rings. The Labute approximate surface area is 163 Å². The Bertz CT molecular complexity index is 747. The van der Waals surface area contributed by atoms with Gasteiger partial charge in [-0.15, -0.1) is 0 Å². The van der Waals surface area contributed by atoms with Crippen LogP contribution in [-0.4, -0.2) is 17.7 Å². The second-order valence-corrected chi connectivity index (χ2v) is 7.70. The summed E-state index contributed by atoms with van der Waals surface area (Å²) in [5.41, 5.74) is 4.21. The maximum absolute atomic E-state index is 11.5. The van der Waals surface area contributed by atoms with Crippen molar-refractivity contribution in [3.05, 3.63) is 59.2 Å². The van der Waals surface area contributed by atoms with E-state index in [1.54, 1.807) is 6.92 Å². The van der Waals surface area contributed by atoms with Crippen molar-refractivity contribution in [3.63, 3.8) is 0 Å². The smallest absolute Gasteiger partial charge is 0.330 e. The van der Waals surface area contributed by atoms with E-state index in [4.69, 9.17) is 4.74 Å². The lowest BCUT2D eigenvalue weighted by Crippen LogP contribution is -2.25. The van der Waals surface area contributed by atoms with Crippen LogP contribution in [0.5, 0.6) is 5.75 Å². The van der Waals surface area contributed by atoms with Gasteiger partial charge in [0, 0.05) is 11.6 Å². The number of allylic oxidation sites excluding steroid dienone is 5. The Balaban J connectivity index is 2.17. The van der Waals surface area contributed by atoms with E-state index in [2.05, 4.69) is 19.9 Å². The molecule has 27 heavy (non-hydrogen) atoms. The number of hydrogen-bond donors (Lipinski definition) is 1. The van der Waals surface area contributed by atoms with Gasteiger partial charge in [0.25, 0.3) is 0 Å². The topological polar surface area (TPSA) is 46.5 Å². The van der Waals surface area contributed by atoms with Gasteiger partial charge in [-0.25, -0.2) is 4.79 Å². The molecule has 1 N–H and O–H groups in total. The summed E-state index contributed by atoms with van der Waals surface area (Å²) in [5.74, 6) is 0.0870. The van der Waals surface area contributed by atoms with Gasteiger partial charge in [0.05, 0.1) is 6.61 Å². The predicted molar refractivity (Wildman–Crippen MR) is 112 cm³/mol. The minimum Gasteiger partial charge on any atom is -0.508 e. The monoisotopic (exact) mass is 368 g/mol. The summed E-state index contributed by atoms with van der Waals surface area (Å²) in [6.07, 6.45) is 13.4. The number of hydrogen-bond acceptors (Lipinski definition) is 3. The van der Waals surface area contributed by atoms with Crippen LogP contribution in [-0.2, 0) is 14.9 Å². The highest BCUT2D eigenvalue weighted by molar-refractivity contribution is 5.83. The van der Waals surface area contributed by atoms with Gasteiger partial charge in [-0.05, 0) is 67.9 Å². The van der Waals surface area contributed by atoms with Crippen LogP contribution in [0.3, 0.4) is 0 Å². The lowest BCUT2D eigenvalue weighted by atomic mass is 9.70. The largest absolute Gasteiger partial charge is 0.508 e. The molecule has 0 heterocycles. The molecule has 1 aliphatic carbocycles. The number of phenolic OH excluding ortho intramolecular Hbond substituents is 1. The van der Waals surface area contributed by atoms with Gasteiger partial charge in [-0.3, -0.25) is 0 Å². The summed E-state index contributed by atoms with van der Waals surface area (Å²) >= 11 is 0. The molecular weight excluding hydrogens is 336 g/mol. The third-order valence-electron chi connectivity index (χ3n) is 5.40. The lowest BCUT2D eigenvalue weighted by molar-refractivity contribution is -0.137. The van der Waals surface area contributed by atoms with Gasteiger partial charge < -0.3 is 9.84 Å². The lowest BCUT2D eigenvalue weighted by Gasteiger charge is -2.35. The molecule has 3 heteroatoms. The Hall–Kier alpha value is -2.29. The average molecular weight is 369 g/mol. The molecule has 2 rings (SSSR count). The number of carbonyl (C=O) groups excluding carboxylic acids is 1. The highest BCUT2D eigenvalue weighted by Gasteiger charge is 2.31.